The first-order valence-electron chi connectivity index (χ1n) is 6.30. The zero-order valence-electron chi connectivity index (χ0n) is 8.80. The second kappa shape index (κ2) is 5.42. The summed E-state index contributed by atoms with van der Waals surface area (Å²) in [6, 6.07) is 0. The van der Waals surface area contributed by atoms with Crippen molar-refractivity contribution in [3.05, 3.63) is 0 Å². The van der Waals surface area contributed by atoms with Gasteiger partial charge in [0.1, 0.15) is 0 Å². The molecule has 2 rings (SSSR count). The summed E-state index contributed by atoms with van der Waals surface area (Å²) in [4.78, 5) is 0. The molecule has 0 heterocycles. The van der Waals surface area contributed by atoms with Gasteiger partial charge in [-0.25, -0.2) is 0 Å². The Bertz CT molecular complexity index is 116. The molecule has 0 spiro atoms. The predicted octanol–water partition coefficient (Wildman–Crippen LogP) is 4.20. The van der Waals surface area contributed by atoms with Crippen LogP contribution >= 0.6 is 0 Å². The van der Waals surface area contributed by atoms with E-state index in [1.807, 2.05) is 0 Å². The molecule has 13 heavy (non-hydrogen) atoms. The van der Waals surface area contributed by atoms with Crippen molar-refractivity contribution in [2.24, 2.45) is 0 Å². The van der Waals surface area contributed by atoms with E-state index in [0.717, 1.165) is 15.2 Å². The Morgan fingerprint density at radius 1 is 0.538 bits per heavy atom. The molecule has 2 saturated carbocycles. The van der Waals surface area contributed by atoms with Crippen LogP contribution < -0.4 is 0 Å². The van der Waals surface area contributed by atoms with E-state index in [-0.39, 0.29) is 0 Å². The average molecular weight is 193 g/mol. The predicted molar refractivity (Wildman–Crippen MR) is 59.4 cm³/mol. The summed E-state index contributed by atoms with van der Waals surface area (Å²) in [6.07, 6.45) is 15.6. The van der Waals surface area contributed by atoms with Gasteiger partial charge in [-0.1, -0.05) is 0 Å². The van der Waals surface area contributed by atoms with E-state index in [2.05, 4.69) is 0 Å². The molecule has 0 unspecified atom stereocenters. The SMILES string of the molecule is C1CC[CH]([Al+][CH]2CCCCC2)CC1. The molecule has 2 aliphatic rings. The van der Waals surface area contributed by atoms with Crippen molar-refractivity contribution in [1.82, 2.24) is 0 Å². The second-order valence-corrected chi connectivity index (χ2v) is 7.26. The van der Waals surface area contributed by atoms with Crippen molar-refractivity contribution in [3.63, 3.8) is 0 Å². The van der Waals surface area contributed by atoms with E-state index in [1.54, 1.807) is 51.4 Å². The third kappa shape index (κ3) is 3.30. The van der Waals surface area contributed by atoms with E-state index < -0.39 is 0 Å². The Morgan fingerprint density at radius 2 is 0.923 bits per heavy atom. The second-order valence-electron chi connectivity index (χ2n) is 4.99. The molecule has 0 nitrogen and oxygen atoms in total. The van der Waals surface area contributed by atoms with Crippen molar-refractivity contribution >= 4 is 15.2 Å². The van der Waals surface area contributed by atoms with Gasteiger partial charge in [0.25, 0.3) is 0 Å². The molecule has 0 saturated heterocycles. The van der Waals surface area contributed by atoms with Crippen LogP contribution in [0.4, 0.5) is 0 Å². The first kappa shape index (κ1) is 10.1. The van der Waals surface area contributed by atoms with Crippen LogP contribution in [0.2, 0.25) is 9.56 Å². The van der Waals surface area contributed by atoms with E-state index in [9.17, 15) is 0 Å². The standard InChI is InChI=1S/2C6H11.Al/c2*1-2-4-6-5-3-1;/h2*1H,2-6H2;/q;;+1. The number of hydrogen-bond donors (Lipinski definition) is 0. The van der Waals surface area contributed by atoms with Gasteiger partial charge in [0.05, 0.1) is 0 Å². The Kier molecular flexibility index (Phi) is 4.20. The molecule has 2 aliphatic carbocycles. The Morgan fingerprint density at radius 3 is 1.31 bits per heavy atom. The fourth-order valence-electron chi connectivity index (χ4n) is 3.04. The van der Waals surface area contributed by atoms with Crippen LogP contribution in [-0.2, 0) is 0 Å². The Balaban J connectivity index is 1.69. The Hall–Kier alpha value is 0.532. The quantitative estimate of drug-likeness (QED) is 0.577. The molecule has 0 N–H and O–H groups in total. The third-order valence-electron chi connectivity index (χ3n) is 3.84. The van der Waals surface area contributed by atoms with Crippen LogP contribution in [0.1, 0.15) is 64.2 Å². The monoisotopic (exact) mass is 193 g/mol. The minimum atomic E-state index is 0.825. The first-order valence-corrected chi connectivity index (χ1v) is 7.63. The summed E-state index contributed by atoms with van der Waals surface area (Å²) < 4.78 is 2.41. The van der Waals surface area contributed by atoms with Gasteiger partial charge in [-0.05, 0) is 0 Å². The van der Waals surface area contributed by atoms with Crippen LogP contribution in [0.15, 0.2) is 0 Å². The maximum atomic E-state index is 1.59. The van der Waals surface area contributed by atoms with Gasteiger partial charge in [-0.2, -0.15) is 0 Å². The van der Waals surface area contributed by atoms with Crippen molar-refractivity contribution in [3.8, 4) is 0 Å². The van der Waals surface area contributed by atoms with Crippen molar-refractivity contribution < 1.29 is 0 Å². The van der Waals surface area contributed by atoms with E-state index in [4.69, 9.17) is 0 Å². The topological polar surface area (TPSA) is 0 Å². The molecular weight excluding hydrogens is 171 g/mol. The fraction of sp³-hybridized carbons (Fsp3) is 1.00. The summed E-state index contributed by atoms with van der Waals surface area (Å²) in [7, 11) is 0. The first-order chi connectivity index (χ1) is 6.45. The summed E-state index contributed by atoms with van der Waals surface area (Å²) in [5, 5.41) is 0. The molecule has 0 radical (unpaired) electrons. The minimum absolute atomic E-state index is 0.825. The zero-order valence-corrected chi connectivity index (χ0v) is 9.96. The van der Waals surface area contributed by atoms with Gasteiger partial charge in [-0.3, -0.25) is 0 Å². The summed E-state index contributed by atoms with van der Waals surface area (Å²) in [5.41, 5.74) is 0. The van der Waals surface area contributed by atoms with Gasteiger partial charge in [0.15, 0.2) is 0 Å². The van der Waals surface area contributed by atoms with Gasteiger partial charge >= 0.3 is 89.0 Å². The van der Waals surface area contributed by atoms with Crippen LogP contribution in [-0.4, -0.2) is 15.2 Å². The summed E-state index contributed by atoms with van der Waals surface area (Å²) in [5.74, 6) is 0. The van der Waals surface area contributed by atoms with Crippen LogP contribution in [0.25, 0.3) is 0 Å². The average Bonchev–Trinajstić information content (AvgIpc) is 2.21. The summed E-state index contributed by atoms with van der Waals surface area (Å²) in [6.45, 7) is 0. The Labute approximate surface area is 89.2 Å². The van der Waals surface area contributed by atoms with Gasteiger partial charge < -0.3 is 0 Å². The molecule has 0 aromatic rings. The molecule has 0 bridgehead atoms. The molecular formula is C12H22Al+. The van der Waals surface area contributed by atoms with Crippen molar-refractivity contribution in [1.29, 1.82) is 0 Å². The van der Waals surface area contributed by atoms with Gasteiger partial charge in [-0.15, -0.1) is 0 Å². The van der Waals surface area contributed by atoms with E-state index in [0.29, 0.717) is 0 Å². The van der Waals surface area contributed by atoms with E-state index in [1.165, 1.54) is 22.4 Å². The molecule has 1 heteroatoms. The van der Waals surface area contributed by atoms with Crippen LogP contribution in [0.5, 0.6) is 0 Å². The molecule has 0 aromatic heterocycles. The molecule has 0 amide bonds. The summed E-state index contributed by atoms with van der Waals surface area (Å²) >= 11 is 0.825. The molecule has 0 aromatic carbocycles. The molecule has 2 fully saturated rings. The van der Waals surface area contributed by atoms with Gasteiger partial charge in [0.2, 0.25) is 0 Å². The van der Waals surface area contributed by atoms with E-state index >= 15 is 0 Å². The molecule has 0 aliphatic heterocycles. The normalized spacial score (nSPS) is 27.1. The number of hydrogen-bond acceptors (Lipinski definition) is 0. The van der Waals surface area contributed by atoms with Crippen molar-refractivity contribution in [2.45, 2.75) is 73.8 Å². The number of rotatable bonds is 2. The van der Waals surface area contributed by atoms with Crippen LogP contribution in [0.3, 0.4) is 0 Å². The molecule has 0 atom stereocenters. The molecule has 72 valence electrons. The van der Waals surface area contributed by atoms with Crippen molar-refractivity contribution in [2.75, 3.05) is 0 Å². The zero-order chi connectivity index (χ0) is 8.93. The fourth-order valence-corrected chi connectivity index (χ4v) is 5.52. The van der Waals surface area contributed by atoms with Gasteiger partial charge in [0, 0.05) is 0 Å². The van der Waals surface area contributed by atoms with Crippen LogP contribution in [0, 0.1) is 0 Å². The third-order valence-corrected chi connectivity index (χ3v) is 6.27. The maximum absolute atomic E-state index is 1.59.